The molecule has 0 aliphatic rings. The Hall–Kier alpha value is -2.76. The summed E-state index contributed by atoms with van der Waals surface area (Å²) >= 11 is 0. The quantitative estimate of drug-likeness (QED) is 0.672. The van der Waals surface area contributed by atoms with Gasteiger partial charge in [0.05, 0.1) is 11.0 Å². The first kappa shape index (κ1) is 16.6. The van der Waals surface area contributed by atoms with Gasteiger partial charge >= 0.3 is 0 Å². The molecule has 1 atom stereocenters. The number of carbonyl (C=O) groups excluding carboxylic acids is 1. The molecule has 23 heavy (non-hydrogen) atoms. The molecule has 0 saturated heterocycles. The van der Waals surface area contributed by atoms with E-state index in [1.54, 1.807) is 18.2 Å². The van der Waals surface area contributed by atoms with Crippen molar-refractivity contribution in [3.05, 3.63) is 75.6 Å². The van der Waals surface area contributed by atoms with E-state index in [1.165, 1.54) is 30.3 Å². The van der Waals surface area contributed by atoms with E-state index in [0.717, 1.165) is 5.56 Å². The van der Waals surface area contributed by atoms with Crippen molar-refractivity contribution in [2.24, 2.45) is 5.92 Å². The van der Waals surface area contributed by atoms with Crippen LogP contribution in [0.4, 0.5) is 10.1 Å². The summed E-state index contributed by atoms with van der Waals surface area (Å²) in [6.45, 7) is 3.82. The van der Waals surface area contributed by atoms with Gasteiger partial charge in [0.25, 0.3) is 11.6 Å². The summed E-state index contributed by atoms with van der Waals surface area (Å²) in [5.41, 5.74) is 0.505. The Morgan fingerprint density at radius 2 is 1.74 bits per heavy atom. The van der Waals surface area contributed by atoms with Gasteiger partial charge in [-0.1, -0.05) is 38.1 Å². The number of nitrogens with zero attached hydrogens (tertiary/aromatic N) is 1. The second kappa shape index (κ2) is 7.00. The Kier molecular flexibility index (Phi) is 5.05. The standard InChI is InChI=1S/C17H17FN2O3/c1-11(2)16(12-7-9-13(18)10-8-12)19-17(21)14-5-3-4-6-15(14)20(22)23/h3-11,16H,1-2H3,(H,19,21). The van der Waals surface area contributed by atoms with Crippen molar-refractivity contribution in [3.8, 4) is 0 Å². The molecule has 1 N–H and O–H groups in total. The van der Waals surface area contributed by atoms with E-state index in [9.17, 15) is 19.3 Å². The zero-order chi connectivity index (χ0) is 17.0. The fraction of sp³-hybridized carbons (Fsp3) is 0.235. The fourth-order valence-electron chi connectivity index (χ4n) is 2.35. The van der Waals surface area contributed by atoms with Crippen molar-refractivity contribution in [1.82, 2.24) is 5.32 Å². The number of nitro groups is 1. The number of nitrogens with one attached hydrogen (secondary N) is 1. The molecular weight excluding hydrogens is 299 g/mol. The molecule has 0 radical (unpaired) electrons. The average molecular weight is 316 g/mol. The first-order chi connectivity index (χ1) is 10.9. The minimum absolute atomic E-state index is 0.00487. The van der Waals surface area contributed by atoms with Crippen LogP contribution in [-0.2, 0) is 0 Å². The van der Waals surface area contributed by atoms with E-state index < -0.39 is 10.8 Å². The van der Waals surface area contributed by atoms with Crippen molar-refractivity contribution in [1.29, 1.82) is 0 Å². The third kappa shape index (κ3) is 3.91. The number of nitro benzene ring substituents is 1. The van der Waals surface area contributed by atoms with Gasteiger partial charge in [-0.05, 0) is 29.7 Å². The van der Waals surface area contributed by atoms with Crippen LogP contribution in [0.25, 0.3) is 0 Å². The van der Waals surface area contributed by atoms with Gasteiger partial charge in [0.1, 0.15) is 11.4 Å². The Morgan fingerprint density at radius 1 is 1.13 bits per heavy atom. The third-order valence-corrected chi connectivity index (χ3v) is 3.53. The van der Waals surface area contributed by atoms with Crippen LogP contribution in [0, 0.1) is 21.8 Å². The minimum Gasteiger partial charge on any atom is -0.345 e. The summed E-state index contributed by atoms with van der Waals surface area (Å²) in [5, 5.41) is 13.8. The first-order valence-corrected chi connectivity index (χ1v) is 7.20. The average Bonchev–Trinajstić information content (AvgIpc) is 2.53. The molecule has 0 fully saturated rings. The zero-order valence-corrected chi connectivity index (χ0v) is 12.8. The van der Waals surface area contributed by atoms with Crippen LogP contribution >= 0.6 is 0 Å². The lowest BCUT2D eigenvalue weighted by Gasteiger charge is -2.23. The van der Waals surface area contributed by atoms with E-state index in [-0.39, 0.29) is 29.0 Å². The third-order valence-electron chi connectivity index (χ3n) is 3.53. The SMILES string of the molecule is CC(C)C(NC(=O)c1ccccc1[N+](=O)[O-])c1ccc(F)cc1. The number of halogens is 1. The number of para-hydroxylation sites is 1. The Morgan fingerprint density at radius 3 is 2.30 bits per heavy atom. The van der Waals surface area contributed by atoms with Crippen molar-refractivity contribution < 1.29 is 14.1 Å². The lowest BCUT2D eigenvalue weighted by Crippen LogP contribution is -2.32. The molecule has 0 aliphatic carbocycles. The molecule has 2 aromatic rings. The lowest BCUT2D eigenvalue weighted by molar-refractivity contribution is -0.385. The molecule has 120 valence electrons. The largest absolute Gasteiger partial charge is 0.345 e. The van der Waals surface area contributed by atoms with Crippen molar-refractivity contribution in [2.45, 2.75) is 19.9 Å². The van der Waals surface area contributed by atoms with E-state index in [0.29, 0.717) is 0 Å². The zero-order valence-electron chi connectivity index (χ0n) is 12.8. The number of rotatable bonds is 5. The number of benzene rings is 2. The molecule has 0 spiro atoms. The van der Waals surface area contributed by atoms with Crippen LogP contribution in [0.15, 0.2) is 48.5 Å². The van der Waals surface area contributed by atoms with Crippen LogP contribution < -0.4 is 5.32 Å². The molecule has 2 aromatic carbocycles. The first-order valence-electron chi connectivity index (χ1n) is 7.20. The van der Waals surface area contributed by atoms with Crippen LogP contribution in [0.1, 0.15) is 35.8 Å². The van der Waals surface area contributed by atoms with Crippen LogP contribution in [0.5, 0.6) is 0 Å². The molecule has 0 heterocycles. The Balaban J connectivity index is 2.29. The molecule has 1 unspecified atom stereocenters. The van der Waals surface area contributed by atoms with E-state index in [1.807, 2.05) is 13.8 Å². The predicted molar refractivity (Wildman–Crippen MR) is 84.5 cm³/mol. The highest BCUT2D eigenvalue weighted by atomic mass is 19.1. The molecule has 2 rings (SSSR count). The number of amides is 1. The minimum atomic E-state index is -0.586. The molecular formula is C17H17FN2O3. The second-order valence-electron chi connectivity index (χ2n) is 5.52. The Labute approximate surface area is 133 Å². The van der Waals surface area contributed by atoms with Gasteiger partial charge in [-0.2, -0.15) is 0 Å². The van der Waals surface area contributed by atoms with Crippen LogP contribution in [-0.4, -0.2) is 10.8 Å². The summed E-state index contributed by atoms with van der Waals surface area (Å²) in [7, 11) is 0. The van der Waals surface area contributed by atoms with Gasteiger partial charge in [0, 0.05) is 6.07 Å². The number of hydrogen-bond acceptors (Lipinski definition) is 3. The summed E-state index contributed by atoms with van der Waals surface area (Å²) in [5.74, 6) is -0.853. The van der Waals surface area contributed by atoms with Crippen molar-refractivity contribution in [2.75, 3.05) is 0 Å². The molecule has 0 saturated carbocycles. The molecule has 0 bridgehead atoms. The molecule has 6 heteroatoms. The van der Waals surface area contributed by atoms with Crippen LogP contribution in [0.2, 0.25) is 0 Å². The second-order valence-corrected chi connectivity index (χ2v) is 5.52. The highest BCUT2D eigenvalue weighted by Crippen LogP contribution is 2.24. The highest BCUT2D eigenvalue weighted by Gasteiger charge is 2.24. The summed E-state index contributed by atoms with van der Waals surface area (Å²) < 4.78 is 13.1. The van der Waals surface area contributed by atoms with Gasteiger partial charge in [-0.25, -0.2) is 4.39 Å². The van der Waals surface area contributed by atoms with Crippen molar-refractivity contribution >= 4 is 11.6 Å². The predicted octanol–water partition coefficient (Wildman–Crippen LogP) is 3.86. The normalized spacial score (nSPS) is 12.0. The van der Waals surface area contributed by atoms with Gasteiger partial charge in [-0.3, -0.25) is 14.9 Å². The summed E-state index contributed by atoms with van der Waals surface area (Å²) in [6.07, 6.45) is 0. The number of carbonyl (C=O) groups is 1. The highest BCUT2D eigenvalue weighted by molar-refractivity contribution is 5.98. The Bertz CT molecular complexity index is 714. The van der Waals surface area contributed by atoms with Gasteiger partial charge < -0.3 is 5.32 Å². The maximum atomic E-state index is 13.1. The smallest absolute Gasteiger partial charge is 0.282 e. The monoisotopic (exact) mass is 316 g/mol. The molecule has 0 aromatic heterocycles. The molecule has 0 aliphatic heterocycles. The fourth-order valence-corrected chi connectivity index (χ4v) is 2.35. The lowest BCUT2D eigenvalue weighted by atomic mass is 9.95. The van der Waals surface area contributed by atoms with E-state index in [4.69, 9.17) is 0 Å². The summed E-state index contributed by atoms with van der Waals surface area (Å²) in [6, 6.07) is 11.2. The molecule has 5 nitrogen and oxygen atoms in total. The summed E-state index contributed by atoms with van der Waals surface area (Å²) in [4.78, 5) is 22.9. The molecule has 1 amide bonds. The van der Waals surface area contributed by atoms with E-state index >= 15 is 0 Å². The maximum Gasteiger partial charge on any atom is 0.282 e. The maximum absolute atomic E-state index is 13.1. The van der Waals surface area contributed by atoms with Crippen LogP contribution in [0.3, 0.4) is 0 Å². The number of hydrogen-bond donors (Lipinski definition) is 1. The van der Waals surface area contributed by atoms with Gasteiger partial charge in [0.15, 0.2) is 0 Å². The van der Waals surface area contributed by atoms with Gasteiger partial charge in [-0.15, -0.1) is 0 Å². The topological polar surface area (TPSA) is 72.2 Å². The van der Waals surface area contributed by atoms with Crippen molar-refractivity contribution in [3.63, 3.8) is 0 Å². The van der Waals surface area contributed by atoms with E-state index in [2.05, 4.69) is 5.32 Å². The van der Waals surface area contributed by atoms with Gasteiger partial charge in [0.2, 0.25) is 0 Å².